The molecule has 1 aromatic carbocycles. The Morgan fingerprint density at radius 2 is 2.04 bits per heavy atom. The zero-order valence-corrected chi connectivity index (χ0v) is 13.8. The number of hydrogen-bond donors (Lipinski definition) is 2. The number of methoxy groups -OCH3 is 2. The van der Waals surface area contributed by atoms with E-state index in [0.29, 0.717) is 22.5 Å². The number of ether oxygens (including phenoxy) is 2. The minimum absolute atomic E-state index is 0.189. The van der Waals surface area contributed by atoms with E-state index in [1.165, 1.54) is 7.11 Å². The van der Waals surface area contributed by atoms with Gasteiger partial charge in [0.1, 0.15) is 11.8 Å². The number of benzene rings is 1. The Morgan fingerprint density at radius 1 is 1.29 bits per heavy atom. The van der Waals surface area contributed by atoms with E-state index in [-0.39, 0.29) is 13.0 Å². The van der Waals surface area contributed by atoms with Crippen molar-refractivity contribution < 1.29 is 24.2 Å². The summed E-state index contributed by atoms with van der Waals surface area (Å²) in [6.45, 7) is 1.95. The molecule has 0 aliphatic carbocycles. The summed E-state index contributed by atoms with van der Waals surface area (Å²) in [4.78, 5) is 28.1. The van der Waals surface area contributed by atoms with Crippen molar-refractivity contribution in [1.82, 2.24) is 10.3 Å². The monoisotopic (exact) mass is 332 g/mol. The molecule has 1 atom stereocenters. The minimum Gasteiger partial charge on any atom is -0.497 e. The van der Waals surface area contributed by atoms with Gasteiger partial charge in [-0.15, -0.1) is 0 Å². The second-order valence-corrected chi connectivity index (χ2v) is 5.33. The summed E-state index contributed by atoms with van der Waals surface area (Å²) in [5.74, 6) is -0.894. The van der Waals surface area contributed by atoms with Gasteiger partial charge in [-0.1, -0.05) is 0 Å². The second kappa shape index (κ2) is 7.74. The van der Waals surface area contributed by atoms with Crippen LogP contribution in [0.1, 0.15) is 22.5 Å². The Morgan fingerprint density at radius 3 is 2.67 bits per heavy atom. The number of nitrogens with one attached hydrogen (secondary N) is 1. The molecule has 2 N–H and O–H groups in total. The highest BCUT2D eigenvalue weighted by molar-refractivity contribution is 6.00. The lowest BCUT2D eigenvalue weighted by Crippen LogP contribution is -2.41. The molecule has 7 heteroatoms. The molecule has 0 spiro atoms. The van der Waals surface area contributed by atoms with Crippen LogP contribution in [-0.4, -0.2) is 48.8 Å². The lowest BCUT2D eigenvalue weighted by Gasteiger charge is -2.15. The van der Waals surface area contributed by atoms with Crippen LogP contribution in [0.15, 0.2) is 24.3 Å². The fraction of sp³-hybridized carbons (Fsp3) is 0.353. The van der Waals surface area contributed by atoms with Crippen LogP contribution >= 0.6 is 0 Å². The van der Waals surface area contributed by atoms with Gasteiger partial charge >= 0.3 is 5.97 Å². The Hall–Kier alpha value is -2.67. The number of aryl methyl sites for hydroxylation is 1. The summed E-state index contributed by atoms with van der Waals surface area (Å²) in [6, 6.07) is 6.05. The third kappa shape index (κ3) is 3.99. The summed E-state index contributed by atoms with van der Waals surface area (Å²) in [5, 5.41) is 12.5. The molecule has 0 fully saturated rings. The third-order valence-corrected chi connectivity index (χ3v) is 3.67. The van der Waals surface area contributed by atoms with Gasteiger partial charge in [0.05, 0.1) is 23.9 Å². The average molecular weight is 332 g/mol. The summed E-state index contributed by atoms with van der Waals surface area (Å²) in [5.41, 5.74) is 1.57. The van der Waals surface area contributed by atoms with E-state index in [2.05, 4.69) is 10.3 Å². The van der Waals surface area contributed by atoms with Crippen molar-refractivity contribution in [3.63, 3.8) is 0 Å². The molecular formula is C17H20N2O5. The molecule has 1 aromatic heterocycles. The van der Waals surface area contributed by atoms with Crippen LogP contribution in [0.4, 0.5) is 0 Å². The molecule has 0 bridgehead atoms. The lowest BCUT2D eigenvalue weighted by atomic mass is 10.1. The van der Waals surface area contributed by atoms with Gasteiger partial charge in [-0.05, 0) is 25.1 Å². The van der Waals surface area contributed by atoms with E-state index in [0.717, 1.165) is 5.39 Å². The quantitative estimate of drug-likeness (QED) is 0.802. The summed E-state index contributed by atoms with van der Waals surface area (Å²) in [6.07, 6.45) is 0.189. The molecule has 2 rings (SSSR count). The molecule has 24 heavy (non-hydrogen) atoms. The van der Waals surface area contributed by atoms with Crippen molar-refractivity contribution in [3.05, 3.63) is 35.5 Å². The first-order valence-electron chi connectivity index (χ1n) is 7.44. The van der Waals surface area contributed by atoms with Crippen LogP contribution in [0, 0.1) is 6.92 Å². The Balaban J connectivity index is 2.28. The van der Waals surface area contributed by atoms with Gasteiger partial charge in [0, 0.05) is 31.6 Å². The molecule has 0 radical (unpaired) electrons. The Labute approximate surface area is 139 Å². The number of rotatable bonds is 7. The first-order valence-corrected chi connectivity index (χ1v) is 7.44. The topological polar surface area (TPSA) is 97.8 Å². The fourth-order valence-electron chi connectivity index (χ4n) is 2.33. The van der Waals surface area contributed by atoms with E-state index >= 15 is 0 Å². The van der Waals surface area contributed by atoms with Crippen molar-refractivity contribution in [2.45, 2.75) is 19.4 Å². The van der Waals surface area contributed by atoms with Crippen LogP contribution in [0.2, 0.25) is 0 Å². The molecule has 2 aromatic rings. The van der Waals surface area contributed by atoms with Gasteiger partial charge in [0.25, 0.3) is 5.91 Å². The number of nitrogens with zero attached hydrogens (tertiary/aromatic N) is 1. The first kappa shape index (κ1) is 17.7. The van der Waals surface area contributed by atoms with Gasteiger partial charge in [0.15, 0.2) is 0 Å². The lowest BCUT2D eigenvalue weighted by molar-refractivity contribution is -0.139. The zero-order valence-electron chi connectivity index (χ0n) is 13.8. The van der Waals surface area contributed by atoms with Crippen molar-refractivity contribution in [2.24, 2.45) is 0 Å². The first-order chi connectivity index (χ1) is 11.5. The number of aliphatic carboxylic acids is 1. The van der Waals surface area contributed by atoms with Crippen molar-refractivity contribution >= 4 is 22.8 Å². The van der Waals surface area contributed by atoms with Crippen LogP contribution in [0.5, 0.6) is 5.75 Å². The van der Waals surface area contributed by atoms with Gasteiger partial charge < -0.3 is 19.9 Å². The van der Waals surface area contributed by atoms with Crippen molar-refractivity contribution in [2.75, 3.05) is 20.8 Å². The van der Waals surface area contributed by atoms with Crippen LogP contribution in [-0.2, 0) is 9.53 Å². The number of carboxylic acid groups (broad SMARTS) is 1. The van der Waals surface area contributed by atoms with Gasteiger partial charge in [-0.3, -0.25) is 9.78 Å². The maximum atomic E-state index is 12.4. The summed E-state index contributed by atoms with van der Waals surface area (Å²) >= 11 is 0. The largest absolute Gasteiger partial charge is 0.497 e. The molecule has 0 aliphatic heterocycles. The number of carboxylic acids is 1. The Bertz CT molecular complexity index is 760. The molecule has 0 aliphatic rings. The smallest absolute Gasteiger partial charge is 0.326 e. The fourth-order valence-corrected chi connectivity index (χ4v) is 2.33. The highest BCUT2D eigenvalue weighted by Gasteiger charge is 2.22. The number of carbonyl (C=O) groups excluding carboxylic acids is 1. The predicted molar refractivity (Wildman–Crippen MR) is 88.4 cm³/mol. The summed E-state index contributed by atoms with van der Waals surface area (Å²) < 4.78 is 10.0. The van der Waals surface area contributed by atoms with Crippen molar-refractivity contribution in [3.8, 4) is 5.75 Å². The molecule has 0 saturated carbocycles. The Kier molecular flexibility index (Phi) is 5.70. The maximum Gasteiger partial charge on any atom is 0.326 e. The summed E-state index contributed by atoms with van der Waals surface area (Å²) in [7, 11) is 3.05. The number of aromatic nitrogens is 1. The number of amides is 1. The van der Waals surface area contributed by atoms with E-state index in [4.69, 9.17) is 9.47 Å². The molecule has 1 heterocycles. The van der Waals surface area contributed by atoms with Gasteiger partial charge in [0.2, 0.25) is 0 Å². The van der Waals surface area contributed by atoms with Gasteiger partial charge in [-0.2, -0.15) is 0 Å². The molecule has 1 unspecified atom stereocenters. The molecule has 0 saturated heterocycles. The normalized spacial score (nSPS) is 12.0. The highest BCUT2D eigenvalue weighted by Crippen LogP contribution is 2.21. The van der Waals surface area contributed by atoms with Crippen LogP contribution < -0.4 is 10.1 Å². The number of hydrogen-bond acceptors (Lipinski definition) is 5. The van der Waals surface area contributed by atoms with E-state index in [9.17, 15) is 14.7 Å². The predicted octanol–water partition coefficient (Wildman–Crippen LogP) is 1.77. The van der Waals surface area contributed by atoms with E-state index in [1.54, 1.807) is 38.3 Å². The molecule has 1 amide bonds. The molecule has 128 valence electrons. The SMILES string of the molecule is COCCC(NC(=O)c1cc2ccc(OC)cc2nc1C)C(=O)O. The average Bonchev–Trinajstić information content (AvgIpc) is 2.56. The number of carbonyl (C=O) groups is 2. The molecular weight excluding hydrogens is 312 g/mol. The van der Waals surface area contributed by atoms with Crippen molar-refractivity contribution in [1.29, 1.82) is 0 Å². The number of fused-ring (bicyclic) bond motifs is 1. The van der Waals surface area contributed by atoms with Gasteiger partial charge in [-0.25, -0.2) is 4.79 Å². The zero-order chi connectivity index (χ0) is 17.7. The highest BCUT2D eigenvalue weighted by atomic mass is 16.5. The van der Waals surface area contributed by atoms with E-state index in [1.807, 2.05) is 0 Å². The second-order valence-electron chi connectivity index (χ2n) is 5.33. The van der Waals surface area contributed by atoms with E-state index < -0.39 is 17.9 Å². The molecule has 7 nitrogen and oxygen atoms in total. The number of pyridine rings is 1. The minimum atomic E-state index is -1.10. The van der Waals surface area contributed by atoms with Crippen LogP contribution in [0.3, 0.4) is 0 Å². The van der Waals surface area contributed by atoms with Crippen LogP contribution in [0.25, 0.3) is 10.9 Å². The standard InChI is InChI=1S/C17H20N2O5/c1-10-13(16(20)19-14(17(21)22)6-7-23-2)8-11-4-5-12(24-3)9-15(11)18-10/h4-5,8-9,14H,6-7H2,1-3H3,(H,19,20)(H,21,22). The maximum absolute atomic E-state index is 12.4. The third-order valence-electron chi connectivity index (χ3n) is 3.67.